The number of aliphatic hydroxyl groups excluding tert-OH is 2. The highest BCUT2D eigenvalue weighted by molar-refractivity contribution is 4.77. The van der Waals surface area contributed by atoms with Crippen molar-refractivity contribution in [3.8, 4) is 0 Å². The molecule has 0 aromatic rings. The molecule has 0 fully saturated rings. The Morgan fingerprint density at radius 2 is 1.50 bits per heavy atom. The zero-order valence-corrected chi connectivity index (χ0v) is 8.83. The lowest BCUT2D eigenvalue weighted by molar-refractivity contribution is 0.0164. The van der Waals surface area contributed by atoms with E-state index in [4.69, 9.17) is 5.11 Å². The minimum Gasteiger partial charge on any atom is -0.393 e. The molecule has 2 N–H and O–H groups in total. The quantitative estimate of drug-likeness (QED) is 0.685. The third-order valence-electron chi connectivity index (χ3n) is 2.53. The van der Waals surface area contributed by atoms with Crippen LogP contribution in [0.2, 0.25) is 0 Å². The number of hydrogen-bond acceptors (Lipinski definition) is 2. The van der Waals surface area contributed by atoms with Crippen molar-refractivity contribution in [2.75, 3.05) is 0 Å². The van der Waals surface area contributed by atoms with Crippen LogP contribution in [0, 0.1) is 11.3 Å². The monoisotopic (exact) mass is 174 g/mol. The van der Waals surface area contributed by atoms with Gasteiger partial charge in [-0.3, -0.25) is 0 Å². The second-order valence-corrected chi connectivity index (χ2v) is 4.81. The fourth-order valence-corrected chi connectivity index (χ4v) is 1.13. The first-order chi connectivity index (χ1) is 5.25. The minimum absolute atomic E-state index is 0.105. The van der Waals surface area contributed by atoms with E-state index in [-0.39, 0.29) is 11.3 Å². The van der Waals surface area contributed by atoms with Gasteiger partial charge in [-0.15, -0.1) is 0 Å². The van der Waals surface area contributed by atoms with E-state index in [2.05, 4.69) is 20.8 Å². The maximum atomic E-state index is 9.66. The first-order valence-electron chi connectivity index (χ1n) is 4.61. The standard InChI is InChI=1S/C10H22O2/c1-7(11)6-9(12)8(2)10(3,4)5/h7-9,11-12H,6H2,1-5H3. The van der Waals surface area contributed by atoms with Crippen LogP contribution in [0.5, 0.6) is 0 Å². The molecule has 0 aromatic carbocycles. The summed E-state index contributed by atoms with van der Waals surface area (Å²) >= 11 is 0. The van der Waals surface area contributed by atoms with Crippen LogP contribution in [0.1, 0.15) is 41.0 Å². The molecule has 0 aliphatic heterocycles. The molecule has 0 rings (SSSR count). The fraction of sp³-hybridized carbons (Fsp3) is 1.00. The molecule has 0 bridgehead atoms. The van der Waals surface area contributed by atoms with E-state index in [0.29, 0.717) is 6.42 Å². The van der Waals surface area contributed by atoms with E-state index in [1.165, 1.54) is 0 Å². The SMILES string of the molecule is CC(O)CC(O)C(C)C(C)(C)C. The third kappa shape index (κ3) is 4.07. The van der Waals surface area contributed by atoms with Crippen LogP contribution in [0.4, 0.5) is 0 Å². The van der Waals surface area contributed by atoms with Crippen LogP contribution >= 0.6 is 0 Å². The Morgan fingerprint density at radius 3 is 1.75 bits per heavy atom. The van der Waals surface area contributed by atoms with Gasteiger partial charge in [0.1, 0.15) is 0 Å². The van der Waals surface area contributed by atoms with Gasteiger partial charge in [0.25, 0.3) is 0 Å². The van der Waals surface area contributed by atoms with Gasteiger partial charge in [-0.25, -0.2) is 0 Å². The Balaban J connectivity index is 4.01. The normalized spacial score (nSPS) is 20.2. The molecule has 12 heavy (non-hydrogen) atoms. The summed E-state index contributed by atoms with van der Waals surface area (Å²) in [5.41, 5.74) is 0.105. The summed E-state index contributed by atoms with van der Waals surface area (Å²) in [5, 5.41) is 18.7. The molecule has 0 heterocycles. The lowest BCUT2D eigenvalue weighted by Crippen LogP contribution is -2.31. The Morgan fingerprint density at radius 1 is 1.08 bits per heavy atom. The van der Waals surface area contributed by atoms with Crippen molar-refractivity contribution >= 4 is 0 Å². The van der Waals surface area contributed by atoms with Gasteiger partial charge in [0, 0.05) is 0 Å². The van der Waals surface area contributed by atoms with Crippen molar-refractivity contribution in [1.82, 2.24) is 0 Å². The summed E-state index contributed by atoms with van der Waals surface area (Å²) < 4.78 is 0. The first-order valence-corrected chi connectivity index (χ1v) is 4.61. The van der Waals surface area contributed by atoms with Crippen LogP contribution in [-0.2, 0) is 0 Å². The predicted molar refractivity (Wildman–Crippen MR) is 50.9 cm³/mol. The molecule has 0 saturated carbocycles. The van der Waals surface area contributed by atoms with Crippen LogP contribution in [0.25, 0.3) is 0 Å². The minimum atomic E-state index is -0.412. The highest BCUT2D eigenvalue weighted by atomic mass is 16.3. The van der Waals surface area contributed by atoms with Gasteiger partial charge in [-0.1, -0.05) is 27.7 Å². The van der Waals surface area contributed by atoms with Crippen molar-refractivity contribution in [1.29, 1.82) is 0 Å². The van der Waals surface area contributed by atoms with Gasteiger partial charge < -0.3 is 10.2 Å². The lowest BCUT2D eigenvalue weighted by Gasteiger charge is -2.31. The zero-order chi connectivity index (χ0) is 9.94. The second kappa shape index (κ2) is 4.24. The Kier molecular flexibility index (Phi) is 4.21. The summed E-state index contributed by atoms with van der Waals surface area (Å²) in [5.74, 6) is 0.215. The van der Waals surface area contributed by atoms with E-state index in [9.17, 15) is 5.11 Å². The van der Waals surface area contributed by atoms with Gasteiger partial charge in [-0.2, -0.15) is 0 Å². The molecular weight excluding hydrogens is 152 g/mol. The van der Waals surface area contributed by atoms with Gasteiger partial charge in [0.2, 0.25) is 0 Å². The Labute approximate surface area is 75.6 Å². The van der Waals surface area contributed by atoms with E-state index in [1.807, 2.05) is 6.92 Å². The average molecular weight is 174 g/mol. The molecule has 0 spiro atoms. The van der Waals surface area contributed by atoms with Crippen molar-refractivity contribution < 1.29 is 10.2 Å². The summed E-state index contributed by atoms with van der Waals surface area (Å²) in [4.78, 5) is 0. The molecule has 74 valence electrons. The van der Waals surface area contributed by atoms with Gasteiger partial charge in [0.05, 0.1) is 12.2 Å². The lowest BCUT2D eigenvalue weighted by atomic mass is 9.77. The third-order valence-corrected chi connectivity index (χ3v) is 2.53. The Hall–Kier alpha value is -0.0800. The number of rotatable bonds is 3. The van der Waals surface area contributed by atoms with Crippen LogP contribution in [0.3, 0.4) is 0 Å². The predicted octanol–water partition coefficient (Wildman–Crippen LogP) is 1.80. The Bertz CT molecular complexity index is 124. The highest BCUT2D eigenvalue weighted by Crippen LogP contribution is 2.29. The van der Waals surface area contributed by atoms with Crippen molar-refractivity contribution in [2.24, 2.45) is 11.3 Å². The van der Waals surface area contributed by atoms with Crippen molar-refractivity contribution in [2.45, 2.75) is 53.2 Å². The van der Waals surface area contributed by atoms with Gasteiger partial charge in [-0.05, 0) is 24.7 Å². The molecule has 2 heteroatoms. The summed E-state index contributed by atoms with van der Waals surface area (Å²) in [6.07, 6.45) is -0.340. The molecule has 0 aliphatic carbocycles. The van der Waals surface area contributed by atoms with E-state index in [0.717, 1.165) is 0 Å². The first kappa shape index (κ1) is 11.9. The molecule has 0 aromatic heterocycles. The molecular formula is C10H22O2. The molecule has 0 radical (unpaired) electrons. The van der Waals surface area contributed by atoms with Gasteiger partial charge in [0.15, 0.2) is 0 Å². The highest BCUT2D eigenvalue weighted by Gasteiger charge is 2.27. The second-order valence-electron chi connectivity index (χ2n) is 4.81. The number of aliphatic hydroxyl groups is 2. The van der Waals surface area contributed by atoms with Crippen molar-refractivity contribution in [3.05, 3.63) is 0 Å². The molecule has 2 nitrogen and oxygen atoms in total. The summed E-state index contributed by atoms with van der Waals surface area (Å²) in [6, 6.07) is 0. The van der Waals surface area contributed by atoms with E-state index in [1.54, 1.807) is 6.92 Å². The smallest absolute Gasteiger partial charge is 0.0595 e. The summed E-state index contributed by atoms with van der Waals surface area (Å²) in [6.45, 7) is 10.0. The van der Waals surface area contributed by atoms with Crippen LogP contribution < -0.4 is 0 Å². The molecule has 3 atom stereocenters. The van der Waals surface area contributed by atoms with Gasteiger partial charge >= 0.3 is 0 Å². The largest absolute Gasteiger partial charge is 0.393 e. The molecule has 3 unspecified atom stereocenters. The van der Waals surface area contributed by atoms with Crippen LogP contribution in [-0.4, -0.2) is 22.4 Å². The van der Waals surface area contributed by atoms with E-state index >= 15 is 0 Å². The zero-order valence-electron chi connectivity index (χ0n) is 8.83. The number of hydrogen-bond donors (Lipinski definition) is 2. The van der Waals surface area contributed by atoms with E-state index < -0.39 is 12.2 Å². The average Bonchev–Trinajstić information content (AvgIpc) is 1.82. The maximum absolute atomic E-state index is 9.66. The maximum Gasteiger partial charge on any atom is 0.0595 e. The van der Waals surface area contributed by atoms with Crippen LogP contribution in [0.15, 0.2) is 0 Å². The molecule has 0 amide bonds. The summed E-state index contributed by atoms with van der Waals surface area (Å²) in [7, 11) is 0. The fourth-order valence-electron chi connectivity index (χ4n) is 1.13. The van der Waals surface area contributed by atoms with Crippen molar-refractivity contribution in [3.63, 3.8) is 0 Å². The molecule has 0 aliphatic rings. The molecule has 0 saturated heterocycles. The topological polar surface area (TPSA) is 40.5 Å².